The molecule has 4 heteroatoms. The van der Waals surface area contributed by atoms with Crippen LogP contribution in [0.1, 0.15) is 27.7 Å². The van der Waals surface area contributed by atoms with Crippen LogP contribution >= 0.6 is 0 Å². The molecule has 0 spiro atoms. The van der Waals surface area contributed by atoms with Gasteiger partial charge >= 0.3 is 0 Å². The first-order chi connectivity index (χ1) is 12.7. The molecule has 0 saturated carbocycles. The molecule has 0 aliphatic rings. The molecule has 0 bridgehead atoms. The molecule has 0 radical (unpaired) electrons. The quantitative estimate of drug-likeness (QED) is 0.484. The normalized spacial score (nSPS) is 12.0. The lowest BCUT2D eigenvalue weighted by atomic mass is 9.97. The Kier molecular flexibility index (Phi) is 4.23. The fourth-order valence-corrected chi connectivity index (χ4v) is 3.12. The Hall–Kier alpha value is -3.40. The number of nitrogens with zero attached hydrogens (tertiary/aromatic N) is 2. The van der Waals surface area contributed by atoms with Crippen LogP contribution in [-0.4, -0.2) is 15.6 Å². The highest BCUT2D eigenvalue weighted by Crippen LogP contribution is 2.30. The Morgan fingerprint density at radius 1 is 0.962 bits per heavy atom. The smallest absolute Gasteiger partial charge is 0.191 e. The van der Waals surface area contributed by atoms with E-state index in [1.54, 1.807) is 10.9 Å². The molecular weight excluding hydrogens is 324 g/mol. The number of carbonyl (C=O) groups excluding carboxylic acids is 1. The van der Waals surface area contributed by atoms with Gasteiger partial charge in [0.25, 0.3) is 0 Å². The molecule has 2 aromatic carbocycles. The second kappa shape index (κ2) is 6.84. The van der Waals surface area contributed by atoms with E-state index in [2.05, 4.69) is 5.10 Å². The molecule has 4 rings (SSSR count). The summed E-state index contributed by atoms with van der Waals surface area (Å²) in [6.45, 7) is 1.91. The van der Waals surface area contributed by atoms with Crippen molar-refractivity contribution in [2.45, 2.75) is 13.0 Å². The molecule has 128 valence electrons. The maximum atomic E-state index is 13.4. The number of hydrogen-bond acceptors (Lipinski definition) is 3. The van der Waals surface area contributed by atoms with E-state index in [4.69, 9.17) is 4.42 Å². The fraction of sp³-hybridized carbons (Fsp3) is 0.0909. The molecule has 0 N–H and O–H groups in total. The third kappa shape index (κ3) is 2.97. The van der Waals surface area contributed by atoms with Gasteiger partial charge in [-0.1, -0.05) is 60.7 Å². The Balaban J connectivity index is 1.89. The molecule has 0 saturated heterocycles. The highest BCUT2D eigenvalue weighted by molar-refractivity contribution is 6.01. The molecule has 4 aromatic rings. The van der Waals surface area contributed by atoms with Crippen LogP contribution in [0.15, 0.2) is 89.5 Å². The van der Waals surface area contributed by atoms with Crippen LogP contribution in [0.3, 0.4) is 0 Å². The van der Waals surface area contributed by atoms with Crippen molar-refractivity contribution in [1.82, 2.24) is 9.78 Å². The van der Waals surface area contributed by atoms with Crippen molar-refractivity contribution in [1.29, 1.82) is 0 Å². The number of rotatable bonds is 5. The van der Waals surface area contributed by atoms with Crippen molar-refractivity contribution in [3.8, 4) is 11.5 Å². The maximum Gasteiger partial charge on any atom is 0.191 e. The molecule has 0 fully saturated rings. The molecule has 0 aliphatic carbocycles. The third-order valence-corrected chi connectivity index (χ3v) is 4.30. The zero-order valence-corrected chi connectivity index (χ0v) is 14.4. The summed E-state index contributed by atoms with van der Waals surface area (Å²) in [7, 11) is 0. The zero-order valence-electron chi connectivity index (χ0n) is 14.4. The molecule has 1 atom stereocenters. The van der Waals surface area contributed by atoms with E-state index in [-0.39, 0.29) is 5.78 Å². The van der Waals surface area contributed by atoms with Gasteiger partial charge in [0.15, 0.2) is 11.5 Å². The van der Waals surface area contributed by atoms with Gasteiger partial charge in [0.1, 0.15) is 11.7 Å². The lowest BCUT2D eigenvalue weighted by Gasteiger charge is -2.19. The Morgan fingerprint density at radius 3 is 2.31 bits per heavy atom. The van der Waals surface area contributed by atoms with Crippen LogP contribution in [0.25, 0.3) is 11.5 Å². The Bertz CT molecular complexity index is 1000. The van der Waals surface area contributed by atoms with Gasteiger partial charge in [-0.2, -0.15) is 5.10 Å². The number of ketones is 1. The van der Waals surface area contributed by atoms with Gasteiger partial charge in [0.2, 0.25) is 0 Å². The molecule has 0 aliphatic heterocycles. The van der Waals surface area contributed by atoms with Crippen molar-refractivity contribution in [2.24, 2.45) is 0 Å². The summed E-state index contributed by atoms with van der Waals surface area (Å²) >= 11 is 0. The fourth-order valence-electron chi connectivity index (χ4n) is 3.12. The van der Waals surface area contributed by atoms with E-state index in [1.165, 1.54) is 0 Å². The molecular formula is C22H18N2O2. The largest absolute Gasteiger partial charge is 0.463 e. The highest BCUT2D eigenvalue weighted by Gasteiger charge is 2.28. The summed E-state index contributed by atoms with van der Waals surface area (Å²) in [5, 5.41) is 4.63. The van der Waals surface area contributed by atoms with Crippen LogP contribution in [0.5, 0.6) is 0 Å². The van der Waals surface area contributed by atoms with Gasteiger partial charge in [0.05, 0.1) is 12.0 Å². The van der Waals surface area contributed by atoms with Crippen LogP contribution in [0.4, 0.5) is 0 Å². The van der Waals surface area contributed by atoms with Crippen molar-refractivity contribution < 1.29 is 9.21 Å². The summed E-state index contributed by atoms with van der Waals surface area (Å²) in [6, 6.07) is 24.1. The highest BCUT2D eigenvalue weighted by atomic mass is 16.3. The first-order valence-corrected chi connectivity index (χ1v) is 8.48. The number of carbonyl (C=O) groups is 1. The lowest BCUT2D eigenvalue weighted by molar-refractivity contribution is 0.0940. The second-order valence-electron chi connectivity index (χ2n) is 6.14. The van der Waals surface area contributed by atoms with Gasteiger partial charge in [-0.25, -0.2) is 4.68 Å². The summed E-state index contributed by atoms with van der Waals surface area (Å²) in [6.07, 6.45) is 1.62. The zero-order chi connectivity index (χ0) is 17.9. The van der Waals surface area contributed by atoms with Gasteiger partial charge in [-0.3, -0.25) is 4.79 Å². The molecule has 26 heavy (non-hydrogen) atoms. The average Bonchev–Trinajstić information content (AvgIpc) is 3.33. The van der Waals surface area contributed by atoms with E-state index >= 15 is 0 Å². The van der Waals surface area contributed by atoms with Gasteiger partial charge in [-0.15, -0.1) is 0 Å². The number of benzene rings is 2. The first-order valence-electron chi connectivity index (χ1n) is 8.48. The molecule has 0 amide bonds. The summed E-state index contributed by atoms with van der Waals surface area (Å²) in [5.74, 6) is 0.681. The minimum atomic E-state index is -0.563. The van der Waals surface area contributed by atoms with Crippen LogP contribution < -0.4 is 0 Å². The van der Waals surface area contributed by atoms with Gasteiger partial charge in [-0.05, 0) is 30.7 Å². The maximum absolute atomic E-state index is 13.4. The average molecular weight is 342 g/mol. The van der Waals surface area contributed by atoms with E-state index in [1.807, 2.05) is 85.8 Å². The number of furan rings is 1. The number of aromatic nitrogens is 2. The summed E-state index contributed by atoms with van der Waals surface area (Å²) in [4.78, 5) is 13.4. The van der Waals surface area contributed by atoms with E-state index in [9.17, 15) is 4.79 Å². The second-order valence-corrected chi connectivity index (χ2v) is 6.14. The van der Waals surface area contributed by atoms with E-state index in [0.29, 0.717) is 11.3 Å². The molecule has 2 aromatic heterocycles. The minimum Gasteiger partial charge on any atom is -0.463 e. The van der Waals surface area contributed by atoms with Crippen LogP contribution in [0, 0.1) is 6.92 Å². The first kappa shape index (κ1) is 16.1. The van der Waals surface area contributed by atoms with Crippen molar-refractivity contribution in [3.05, 3.63) is 102 Å². The van der Waals surface area contributed by atoms with E-state index < -0.39 is 6.04 Å². The van der Waals surface area contributed by atoms with Gasteiger partial charge in [0, 0.05) is 5.56 Å². The number of aryl methyl sites for hydroxylation is 1. The molecule has 2 heterocycles. The predicted octanol–water partition coefficient (Wildman–Crippen LogP) is 4.92. The van der Waals surface area contributed by atoms with E-state index in [0.717, 1.165) is 17.0 Å². The van der Waals surface area contributed by atoms with Crippen molar-refractivity contribution >= 4 is 5.78 Å². The van der Waals surface area contributed by atoms with Crippen LogP contribution in [0.2, 0.25) is 0 Å². The summed E-state index contributed by atoms with van der Waals surface area (Å²) < 4.78 is 7.34. The number of Topliss-reactive ketones (excluding diaryl/α,β-unsaturated/α-hetero) is 1. The molecule has 4 nitrogen and oxygen atoms in total. The standard InChI is InChI=1S/C22H18N2O2/c1-16-15-19(20-13-8-14-26-20)24(23-16)21(17-9-4-2-5-10-17)22(25)18-11-6-3-7-12-18/h2-15,21H,1H3. The topological polar surface area (TPSA) is 48.0 Å². The number of hydrogen-bond donors (Lipinski definition) is 0. The molecule has 1 unspecified atom stereocenters. The third-order valence-electron chi connectivity index (χ3n) is 4.30. The van der Waals surface area contributed by atoms with Crippen molar-refractivity contribution in [2.75, 3.05) is 0 Å². The monoisotopic (exact) mass is 342 g/mol. The SMILES string of the molecule is Cc1cc(-c2ccco2)n(C(C(=O)c2ccccc2)c2ccccc2)n1. The van der Waals surface area contributed by atoms with Crippen molar-refractivity contribution in [3.63, 3.8) is 0 Å². The summed E-state index contributed by atoms with van der Waals surface area (Å²) in [5.41, 5.74) is 3.15. The van der Waals surface area contributed by atoms with Crippen LogP contribution in [-0.2, 0) is 0 Å². The van der Waals surface area contributed by atoms with Gasteiger partial charge < -0.3 is 4.42 Å². The lowest BCUT2D eigenvalue weighted by Crippen LogP contribution is -2.23. The minimum absolute atomic E-state index is 0.00675. The Labute approximate surface area is 151 Å². The Morgan fingerprint density at radius 2 is 1.65 bits per heavy atom. The predicted molar refractivity (Wildman–Crippen MR) is 100 cm³/mol.